The van der Waals surface area contributed by atoms with Crippen molar-refractivity contribution < 1.29 is 13.0 Å². The van der Waals surface area contributed by atoms with Crippen LogP contribution in [0.1, 0.15) is 13.8 Å². The second kappa shape index (κ2) is 2.28. The van der Waals surface area contributed by atoms with E-state index in [1.165, 1.54) is 0 Å². The van der Waals surface area contributed by atoms with Gasteiger partial charge in [-0.1, -0.05) is 5.57 Å². The molecule has 0 aromatic heterocycles. The average molecular weight is 136 g/mol. The fraction of sp³-hybridized carbons (Fsp3) is 0.500. The van der Waals surface area contributed by atoms with Crippen LogP contribution >= 0.6 is 0 Å². The van der Waals surface area contributed by atoms with Gasteiger partial charge in [-0.3, -0.25) is 4.55 Å². The van der Waals surface area contributed by atoms with Gasteiger partial charge in [0.25, 0.3) is 10.1 Å². The van der Waals surface area contributed by atoms with Gasteiger partial charge >= 0.3 is 0 Å². The van der Waals surface area contributed by atoms with Crippen molar-refractivity contribution in [2.24, 2.45) is 0 Å². The fourth-order valence-electron chi connectivity index (χ4n) is 0.298. The summed E-state index contributed by atoms with van der Waals surface area (Å²) >= 11 is 0. The molecule has 4 heteroatoms. The Morgan fingerprint density at radius 1 is 1.50 bits per heavy atom. The molecule has 0 heterocycles. The van der Waals surface area contributed by atoms with Crippen molar-refractivity contribution >= 4 is 10.1 Å². The van der Waals surface area contributed by atoms with Crippen LogP contribution < -0.4 is 0 Å². The Bertz CT molecular complexity index is 183. The molecular weight excluding hydrogens is 128 g/mol. The van der Waals surface area contributed by atoms with E-state index in [0.717, 1.165) is 5.41 Å². The van der Waals surface area contributed by atoms with Crippen LogP contribution in [0.4, 0.5) is 0 Å². The molecule has 1 N–H and O–H groups in total. The molecule has 0 saturated carbocycles. The highest BCUT2D eigenvalue weighted by Crippen LogP contribution is 1.92. The topological polar surface area (TPSA) is 54.4 Å². The van der Waals surface area contributed by atoms with E-state index in [4.69, 9.17) is 4.55 Å². The predicted molar refractivity (Wildman–Crippen MR) is 31.0 cm³/mol. The monoisotopic (exact) mass is 136 g/mol. The van der Waals surface area contributed by atoms with Gasteiger partial charge in [0, 0.05) is 0 Å². The van der Waals surface area contributed by atoms with E-state index in [9.17, 15) is 8.42 Å². The number of hydrogen-bond donors (Lipinski definition) is 1. The first-order valence-electron chi connectivity index (χ1n) is 2.04. The molecule has 0 aliphatic rings. The predicted octanol–water partition coefficient (Wildman–Crippen LogP) is 0.798. The molecule has 0 aliphatic carbocycles. The van der Waals surface area contributed by atoms with E-state index in [-0.39, 0.29) is 0 Å². The van der Waals surface area contributed by atoms with Crippen molar-refractivity contribution in [1.29, 1.82) is 0 Å². The minimum absolute atomic E-state index is 0.563. The zero-order chi connectivity index (χ0) is 6.78. The van der Waals surface area contributed by atoms with Crippen LogP contribution in [0.25, 0.3) is 0 Å². The van der Waals surface area contributed by atoms with Crippen LogP contribution in [-0.4, -0.2) is 13.0 Å². The quantitative estimate of drug-likeness (QED) is 0.542. The third-order valence-electron chi connectivity index (χ3n) is 0.385. The maximum absolute atomic E-state index is 9.92. The summed E-state index contributed by atoms with van der Waals surface area (Å²) in [5, 5.41) is 0.799. The molecule has 0 saturated heterocycles. The molecule has 0 amide bonds. The average Bonchev–Trinajstić information content (AvgIpc) is 1.21. The summed E-state index contributed by atoms with van der Waals surface area (Å²) in [6, 6.07) is 0. The van der Waals surface area contributed by atoms with Crippen LogP contribution in [0.2, 0.25) is 0 Å². The molecule has 48 valence electrons. The van der Waals surface area contributed by atoms with Crippen LogP contribution in [-0.2, 0) is 10.1 Å². The van der Waals surface area contributed by atoms with Crippen molar-refractivity contribution in [3.8, 4) is 0 Å². The molecule has 0 aromatic rings. The first-order valence-corrected chi connectivity index (χ1v) is 3.54. The summed E-state index contributed by atoms with van der Waals surface area (Å²) in [6.45, 7) is 3.18. The summed E-state index contributed by atoms with van der Waals surface area (Å²) in [5.41, 5.74) is 0.563. The Labute approximate surface area is 48.8 Å². The third kappa shape index (κ3) is 5.65. The van der Waals surface area contributed by atoms with E-state index in [1.807, 2.05) is 0 Å². The molecule has 0 aliphatic heterocycles. The van der Waals surface area contributed by atoms with Gasteiger partial charge in [-0.25, -0.2) is 0 Å². The normalized spacial score (nSPS) is 10.9. The van der Waals surface area contributed by atoms with Crippen LogP contribution in [0, 0.1) is 0 Å². The fourth-order valence-corrected chi connectivity index (χ4v) is 0.894. The Kier molecular flexibility index (Phi) is 2.18. The van der Waals surface area contributed by atoms with E-state index in [0.29, 0.717) is 5.57 Å². The molecular formula is C4H8O3S. The van der Waals surface area contributed by atoms with Crippen LogP contribution in [0.5, 0.6) is 0 Å². The zero-order valence-electron chi connectivity index (χ0n) is 4.75. The van der Waals surface area contributed by atoms with Crippen molar-refractivity contribution in [2.45, 2.75) is 13.8 Å². The second-order valence-corrected chi connectivity index (χ2v) is 2.98. The number of hydrogen-bond acceptors (Lipinski definition) is 2. The molecule has 3 nitrogen and oxygen atoms in total. The van der Waals surface area contributed by atoms with Crippen molar-refractivity contribution in [1.82, 2.24) is 0 Å². The summed E-state index contributed by atoms with van der Waals surface area (Å²) in [4.78, 5) is 0. The van der Waals surface area contributed by atoms with E-state index in [1.54, 1.807) is 13.8 Å². The summed E-state index contributed by atoms with van der Waals surface area (Å²) in [7, 11) is -3.89. The van der Waals surface area contributed by atoms with Crippen molar-refractivity contribution in [2.75, 3.05) is 0 Å². The highest BCUT2D eigenvalue weighted by molar-refractivity contribution is 7.88. The molecule has 8 heavy (non-hydrogen) atoms. The largest absolute Gasteiger partial charge is 0.287 e. The summed E-state index contributed by atoms with van der Waals surface area (Å²) in [6.07, 6.45) is 0. The molecule has 0 radical (unpaired) electrons. The Balaban J connectivity index is 4.36. The lowest BCUT2D eigenvalue weighted by Crippen LogP contribution is -1.89. The molecule has 0 bridgehead atoms. The maximum Gasteiger partial charge on any atom is 0.287 e. The first kappa shape index (κ1) is 7.65. The molecule has 0 aromatic carbocycles. The van der Waals surface area contributed by atoms with Gasteiger partial charge in [-0.2, -0.15) is 8.42 Å². The van der Waals surface area contributed by atoms with Gasteiger partial charge in [0.15, 0.2) is 0 Å². The number of rotatable bonds is 1. The Morgan fingerprint density at radius 2 is 1.88 bits per heavy atom. The van der Waals surface area contributed by atoms with E-state index in [2.05, 4.69) is 0 Å². The first-order chi connectivity index (χ1) is 3.42. The SMILES string of the molecule is CC(C)=CS(=O)(=O)O. The van der Waals surface area contributed by atoms with E-state index >= 15 is 0 Å². The van der Waals surface area contributed by atoms with Gasteiger partial charge in [-0.05, 0) is 13.8 Å². The summed E-state index contributed by atoms with van der Waals surface area (Å²) in [5.74, 6) is 0. The second-order valence-electron chi connectivity index (χ2n) is 1.71. The minimum atomic E-state index is -3.89. The molecule has 0 rings (SSSR count). The molecule has 0 fully saturated rings. The molecule has 0 spiro atoms. The number of allylic oxidation sites excluding steroid dienone is 1. The lowest BCUT2D eigenvalue weighted by molar-refractivity contribution is 0.494. The minimum Gasteiger partial charge on any atom is -0.282 e. The lowest BCUT2D eigenvalue weighted by atomic mass is 10.4. The third-order valence-corrected chi connectivity index (χ3v) is 1.15. The zero-order valence-corrected chi connectivity index (χ0v) is 5.57. The Morgan fingerprint density at radius 3 is 1.88 bits per heavy atom. The molecule has 0 unspecified atom stereocenters. The Hall–Kier alpha value is -0.350. The van der Waals surface area contributed by atoms with Gasteiger partial charge in [0.2, 0.25) is 0 Å². The molecule has 0 atom stereocenters. The van der Waals surface area contributed by atoms with Crippen molar-refractivity contribution in [3.05, 3.63) is 11.0 Å². The van der Waals surface area contributed by atoms with Gasteiger partial charge in [0.1, 0.15) is 0 Å². The standard InChI is InChI=1S/C4H8O3S/c1-4(2)3-8(5,6)7/h3H,1-2H3,(H,5,6,7). The van der Waals surface area contributed by atoms with Crippen LogP contribution in [0.15, 0.2) is 11.0 Å². The van der Waals surface area contributed by atoms with E-state index < -0.39 is 10.1 Å². The highest BCUT2D eigenvalue weighted by atomic mass is 32.2. The van der Waals surface area contributed by atoms with Gasteiger partial charge in [-0.15, -0.1) is 0 Å². The smallest absolute Gasteiger partial charge is 0.282 e. The lowest BCUT2D eigenvalue weighted by Gasteiger charge is -1.84. The van der Waals surface area contributed by atoms with Crippen molar-refractivity contribution in [3.63, 3.8) is 0 Å². The summed E-state index contributed by atoms with van der Waals surface area (Å²) < 4.78 is 27.9. The highest BCUT2D eigenvalue weighted by Gasteiger charge is 1.94. The van der Waals surface area contributed by atoms with Gasteiger partial charge < -0.3 is 0 Å². The van der Waals surface area contributed by atoms with Gasteiger partial charge in [0.05, 0.1) is 5.41 Å². The maximum atomic E-state index is 9.92. The van der Waals surface area contributed by atoms with Crippen LogP contribution in [0.3, 0.4) is 0 Å².